The molecule has 1 aliphatic rings. The summed E-state index contributed by atoms with van der Waals surface area (Å²) in [6.07, 6.45) is 1.78. The zero-order chi connectivity index (χ0) is 12.1. The van der Waals surface area contributed by atoms with Crippen LogP contribution in [-0.2, 0) is 4.74 Å². The Morgan fingerprint density at radius 1 is 1.53 bits per heavy atom. The van der Waals surface area contributed by atoms with E-state index in [4.69, 9.17) is 4.74 Å². The Balaban J connectivity index is 1.88. The summed E-state index contributed by atoms with van der Waals surface area (Å²) in [6.45, 7) is 3.38. The lowest BCUT2D eigenvalue weighted by Crippen LogP contribution is -2.57. The highest BCUT2D eigenvalue weighted by atomic mass is 16.5. The fourth-order valence-electron chi connectivity index (χ4n) is 1.72. The van der Waals surface area contributed by atoms with Crippen molar-refractivity contribution in [1.82, 2.24) is 15.3 Å². The topological polar surface area (TPSA) is 62.3 Å². The number of nitrogens with zero attached hydrogens (tertiary/aromatic N) is 3. The molecule has 94 valence electrons. The Kier molecular flexibility index (Phi) is 4.11. The van der Waals surface area contributed by atoms with Gasteiger partial charge in [0.1, 0.15) is 5.82 Å². The molecule has 6 nitrogen and oxygen atoms in total. The minimum atomic E-state index is 0.579. The minimum absolute atomic E-state index is 0.579. The zero-order valence-corrected chi connectivity index (χ0v) is 10.3. The van der Waals surface area contributed by atoms with E-state index in [9.17, 15) is 0 Å². The van der Waals surface area contributed by atoms with E-state index in [1.165, 1.54) is 0 Å². The number of methoxy groups -OCH3 is 1. The molecule has 1 aromatic heterocycles. The van der Waals surface area contributed by atoms with Crippen LogP contribution in [-0.4, -0.2) is 56.4 Å². The number of likely N-dealkylation sites (N-methyl/N-ethyl adjacent to an activating group) is 1. The molecule has 6 heteroatoms. The first kappa shape index (κ1) is 12.1. The third-order valence-corrected chi connectivity index (χ3v) is 2.84. The Bertz CT molecular complexity index is 353. The summed E-state index contributed by atoms with van der Waals surface area (Å²) in [5, 5.41) is 6.37. The molecule has 0 amide bonds. The number of aromatic nitrogens is 2. The lowest BCUT2D eigenvalue weighted by Gasteiger charge is -2.39. The van der Waals surface area contributed by atoms with Crippen LogP contribution in [0.5, 0.6) is 0 Å². The number of rotatable bonds is 6. The van der Waals surface area contributed by atoms with Crippen molar-refractivity contribution in [2.75, 3.05) is 50.6 Å². The molecule has 0 unspecified atom stereocenters. The molecule has 2 N–H and O–H groups in total. The maximum absolute atomic E-state index is 4.97. The van der Waals surface area contributed by atoms with Gasteiger partial charge in [-0.05, 0) is 13.1 Å². The lowest BCUT2D eigenvalue weighted by atomic mass is 10.1. The van der Waals surface area contributed by atoms with Crippen molar-refractivity contribution in [2.24, 2.45) is 0 Å². The summed E-state index contributed by atoms with van der Waals surface area (Å²) >= 11 is 0. The third kappa shape index (κ3) is 3.04. The zero-order valence-electron chi connectivity index (χ0n) is 10.3. The van der Waals surface area contributed by atoms with Gasteiger partial charge in [-0.2, -0.15) is 4.98 Å². The molecule has 1 fully saturated rings. The number of anilines is 2. The van der Waals surface area contributed by atoms with E-state index in [0.717, 1.165) is 25.5 Å². The van der Waals surface area contributed by atoms with Gasteiger partial charge in [-0.1, -0.05) is 0 Å². The number of ether oxygens (including phenoxy) is 1. The molecule has 0 aromatic carbocycles. The minimum Gasteiger partial charge on any atom is -0.383 e. The van der Waals surface area contributed by atoms with Crippen molar-refractivity contribution in [3.8, 4) is 0 Å². The molecule has 2 rings (SSSR count). The second-order valence-electron chi connectivity index (χ2n) is 4.05. The van der Waals surface area contributed by atoms with Crippen LogP contribution in [0.2, 0.25) is 0 Å². The second kappa shape index (κ2) is 5.79. The van der Waals surface area contributed by atoms with E-state index >= 15 is 0 Å². The molecule has 2 heterocycles. The molecule has 1 aromatic rings. The van der Waals surface area contributed by atoms with Gasteiger partial charge in [0.2, 0.25) is 5.95 Å². The van der Waals surface area contributed by atoms with Gasteiger partial charge in [-0.15, -0.1) is 0 Å². The standard InChI is InChI=1S/C11H19N5O/c1-12-9-7-16(8-9)10-3-4-13-11(15-10)14-5-6-17-2/h3-4,9,12H,5-8H2,1-2H3,(H,13,14,15). The molecular weight excluding hydrogens is 218 g/mol. The van der Waals surface area contributed by atoms with Crippen LogP contribution < -0.4 is 15.5 Å². The van der Waals surface area contributed by atoms with Gasteiger partial charge in [0, 0.05) is 39.0 Å². The third-order valence-electron chi connectivity index (χ3n) is 2.84. The van der Waals surface area contributed by atoms with Crippen molar-refractivity contribution >= 4 is 11.8 Å². The molecule has 0 atom stereocenters. The fraction of sp³-hybridized carbons (Fsp3) is 0.636. The van der Waals surface area contributed by atoms with Crippen molar-refractivity contribution in [3.63, 3.8) is 0 Å². The van der Waals surface area contributed by atoms with E-state index < -0.39 is 0 Å². The summed E-state index contributed by atoms with van der Waals surface area (Å²) in [5.74, 6) is 1.64. The monoisotopic (exact) mass is 237 g/mol. The second-order valence-corrected chi connectivity index (χ2v) is 4.05. The van der Waals surface area contributed by atoms with E-state index in [2.05, 4.69) is 25.5 Å². The van der Waals surface area contributed by atoms with Gasteiger partial charge >= 0.3 is 0 Å². The van der Waals surface area contributed by atoms with Gasteiger partial charge in [-0.3, -0.25) is 0 Å². The summed E-state index contributed by atoms with van der Waals surface area (Å²) in [5.41, 5.74) is 0. The first-order valence-electron chi connectivity index (χ1n) is 5.81. The van der Waals surface area contributed by atoms with Crippen molar-refractivity contribution in [2.45, 2.75) is 6.04 Å². The summed E-state index contributed by atoms with van der Waals surface area (Å²) in [7, 11) is 3.66. The highest BCUT2D eigenvalue weighted by Gasteiger charge is 2.26. The van der Waals surface area contributed by atoms with Gasteiger partial charge < -0.3 is 20.3 Å². The van der Waals surface area contributed by atoms with Crippen LogP contribution in [0.1, 0.15) is 0 Å². The largest absolute Gasteiger partial charge is 0.383 e. The fourth-order valence-corrected chi connectivity index (χ4v) is 1.72. The molecule has 1 saturated heterocycles. The number of nitrogens with one attached hydrogen (secondary N) is 2. The summed E-state index contributed by atoms with van der Waals surface area (Å²) in [6, 6.07) is 2.52. The molecule has 0 saturated carbocycles. The Hall–Kier alpha value is -1.40. The SMILES string of the molecule is CNC1CN(c2ccnc(NCCOC)n2)C1. The predicted molar refractivity (Wildman–Crippen MR) is 67.5 cm³/mol. The van der Waals surface area contributed by atoms with Crippen molar-refractivity contribution < 1.29 is 4.74 Å². The smallest absolute Gasteiger partial charge is 0.224 e. The van der Waals surface area contributed by atoms with E-state index in [1.54, 1.807) is 13.3 Å². The van der Waals surface area contributed by atoms with Crippen LogP contribution in [0.15, 0.2) is 12.3 Å². The van der Waals surface area contributed by atoms with E-state index in [0.29, 0.717) is 18.6 Å². The van der Waals surface area contributed by atoms with Crippen LogP contribution >= 0.6 is 0 Å². The highest BCUT2D eigenvalue weighted by Crippen LogP contribution is 2.18. The van der Waals surface area contributed by atoms with Crippen molar-refractivity contribution in [3.05, 3.63) is 12.3 Å². The molecule has 0 aliphatic carbocycles. The quantitative estimate of drug-likeness (QED) is 0.676. The average Bonchev–Trinajstić information content (AvgIpc) is 2.29. The van der Waals surface area contributed by atoms with E-state index in [1.807, 2.05) is 13.1 Å². The molecular formula is C11H19N5O. The average molecular weight is 237 g/mol. The molecule has 0 bridgehead atoms. The highest BCUT2D eigenvalue weighted by molar-refractivity contribution is 5.45. The molecule has 0 radical (unpaired) electrons. The van der Waals surface area contributed by atoms with Gasteiger partial charge in [-0.25, -0.2) is 4.98 Å². The van der Waals surface area contributed by atoms with Crippen LogP contribution in [0.4, 0.5) is 11.8 Å². The maximum Gasteiger partial charge on any atom is 0.224 e. The summed E-state index contributed by atoms with van der Waals surface area (Å²) in [4.78, 5) is 10.9. The van der Waals surface area contributed by atoms with Crippen molar-refractivity contribution in [1.29, 1.82) is 0 Å². The van der Waals surface area contributed by atoms with Crippen LogP contribution in [0.3, 0.4) is 0 Å². The number of hydrogen-bond donors (Lipinski definition) is 2. The van der Waals surface area contributed by atoms with Crippen LogP contribution in [0, 0.1) is 0 Å². The Labute approximate surface area is 101 Å². The Morgan fingerprint density at radius 3 is 3.06 bits per heavy atom. The van der Waals surface area contributed by atoms with Crippen LogP contribution in [0.25, 0.3) is 0 Å². The summed E-state index contributed by atoms with van der Waals surface area (Å²) < 4.78 is 4.97. The van der Waals surface area contributed by atoms with Gasteiger partial charge in [0.25, 0.3) is 0 Å². The first-order chi connectivity index (χ1) is 8.33. The van der Waals surface area contributed by atoms with E-state index in [-0.39, 0.29) is 0 Å². The molecule has 17 heavy (non-hydrogen) atoms. The maximum atomic E-state index is 4.97. The van der Waals surface area contributed by atoms with Gasteiger partial charge in [0.05, 0.1) is 6.61 Å². The molecule has 0 spiro atoms. The number of hydrogen-bond acceptors (Lipinski definition) is 6. The first-order valence-corrected chi connectivity index (χ1v) is 5.81. The van der Waals surface area contributed by atoms with Gasteiger partial charge in [0.15, 0.2) is 0 Å². The predicted octanol–water partition coefficient (Wildman–Crippen LogP) is -0.0571. The lowest BCUT2D eigenvalue weighted by molar-refractivity contribution is 0.210. The Morgan fingerprint density at radius 2 is 2.35 bits per heavy atom. The normalized spacial score (nSPS) is 15.8. The molecule has 1 aliphatic heterocycles.